The Kier molecular flexibility index (Phi) is 1.91. The van der Waals surface area contributed by atoms with E-state index in [1.54, 1.807) is 0 Å². The third-order valence-corrected chi connectivity index (χ3v) is 1.50. The van der Waals surface area contributed by atoms with Gasteiger partial charge in [-0.2, -0.15) is 0 Å². The van der Waals surface area contributed by atoms with E-state index in [9.17, 15) is 13.6 Å². The number of nitrogens with zero attached hydrogens (tertiary/aromatic N) is 1. The molecule has 0 saturated heterocycles. The van der Waals surface area contributed by atoms with E-state index in [2.05, 4.69) is 5.43 Å². The van der Waals surface area contributed by atoms with Crippen molar-refractivity contribution in [3.8, 4) is 0 Å². The second-order valence-corrected chi connectivity index (χ2v) is 2.54. The number of alkyl halides is 2. The van der Waals surface area contributed by atoms with Gasteiger partial charge in [0, 0.05) is 13.1 Å². The van der Waals surface area contributed by atoms with E-state index in [0.29, 0.717) is 11.9 Å². The molecule has 0 aromatic heterocycles. The van der Waals surface area contributed by atoms with Crippen LogP contribution >= 0.6 is 0 Å². The molecular formula is C6H8F2N2O2. The van der Waals surface area contributed by atoms with E-state index >= 15 is 0 Å². The van der Waals surface area contributed by atoms with Crippen LogP contribution < -0.4 is 5.43 Å². The van der Waals surface area contributed by atoms with Gasteiger partial charge < -0.3 is 10.5 Å². The molecule has 0 saturated carbocycles. The van der Waals surface area contributed by atoms with Gasteiger partial charge in [-0.1, -0.05) is 0 Å². The lowest BCUT2D eigenvalue weighted by molar-refractivity contribution is -0.0438. The lowest BCUT2D eigenvalue weighted by atomic mass is 10.2. The second-order valence-electron chi connectivity index (χ2n) is 2.54. The van der Waals surface area contributed by atoms with Gasteiger partial charge in [0.2, 0.25) is 0 Å². The number of rotatable bonds is 1. The lowest BCUT2D eigenvalue weighted by Crippen LogP contribution is -2.49. The van der Waals surface area contributed by atoms with Crippen LogP contribution in [-0.4, -0.2) is 28.2 Å². The maximum Gasteiger partial charge on any atom is 0.426 e. The molecular weight excluding hydrogens is 170 g/mol. The van der Waals surface area contributed by atoms with Gasteiger partial charge in [-0.25, -0.2) is 18.6 Å². The highest BCUT2D eigenvalue weighted by atomic mass is 19.3. The number of amides is 1. The van der Waals surface area contributed by atoms with Gasteiger partial charge in [0.15, 0.2) is 0 Å². The fraction of sp³-hybridized carbons (Fsp3) is 0.500. The Morgan fingerprint density at radius 3 is 2.67 bits per heavy atom. The Labute approximate surface area is 67.4 Å². The van der Waals surface area contributed by atoms with Crippen molar-refractivity contribution in [2.24, 2.45) is 0 Å². The third kappa shape index (κ3) is 1.46. The molecule has 1 unspecified atom stereocenters. The van der Waals surface area contributed by atoms with Crippen LogP contribution in [0.15, 0.2) is 12.3 Å². The largest absolute Gasteiger partial charge is 0.464 e. The number of nitrogens with one attached hydrogen (secondary N) is 1. The highest BCUT2D eigenvalue weighted by molar-refractivity contribution is 5.66. The number of carboxylic acid groups (broad SMARTS) is 1. The first-order chi connectivity index (χ1) is 5.43. The van der Waals surface area contributed by atoms with Gasteiger partial charge in [-0.05, 0) is 6.08 Å². The molecule has 0 bridgehead atoms. The average Bonchev–Trinajstić information content (AvgIpc) is 2.30. The van der Waals surface area contributed by atoms with Crippen LogP contribution in [0, 0.1) is 0 Å². The van der Waals surface area contributed by atoms with E-state index in [1.807, 2.05) is 0 Å². The number of carbonyl (C=O) groups is 1. The molecule has 0 spiro atoms. The van der Waals surface area contributed by atoms with Crippen molar-refractivity contribution in [2.75, 3.05) is 0 Å². The van der Waals surface area contributed by atoms with Crippen LogP contribution in [0.4, 0.5) is 13.6 Å². The summed E-state index contributed by atoms with van der Waals surface area (Å²) in [6.45, 7) is 0.672. The minimum absolute atomic E-state index is 0.458. The first kappa shape index (κ1) is 8.76. The summed E-state index contributed by atoms with van der Waals surface area (Å²) in [5.74, 6) is -3.07. The van der Waals surface area contributed by atoms with Crippen LogP contribution in [0.3, 0.4) is 0 Å². The summed E-state index contributed by atoms with van der Waals surface area (Å²) in [5, 5.41) is 8.90. The molecule has 68 valence electrons. The molecule has 0 aromatic rings. The Balaban J connectivity index is 2.76. The summed E-state index contributed by atoms with van der Waals surface area (Å²) in [4.78, 5) is 10.3. The standard InChI is InChI=1S/C6H8F2N2O2/c1-6(7,8)4-2-3-9-10(4)5(11)12/h2-4,9H,1H3,(H,11,12). The molecule has 1 aliphatic heterocycles. The van der Waals surface area contributed by atoms with Crippen molar-refractivity contribution in [2.45, 2.75) is 18.9 Å². The Morgan fingerprint density at radius 1 is 1.75 bits per heavy atom. The SMILES string of the molecule is CC(F)(F)C1C=CNN1C(=O)O. The Bertz CT molecular complexity index is 224. The molecule has 12 heavy (non-hydrogen) atoms. The summed E-state index contributed by atoms with van der Waals surface area (Å²) in [6.07, 6.45) is 0.858. The zero-order chi connectivity index (χ0) is 9.35. The van der Waals surface area contributed by atoms with Crippen LogP contribution in [0.2, 0.25) is 0 Å². The molecule has 1 atom stereocenters. The van der Waals surface area contributed by atoms with E-state index in [1.165, 1.54) is 6.20 Å². The molecule has 4 nitrogen and oxygen atoms in total. The number of hydrazine groups is 1. The molecule has 2 N–H and O–H groups in total. The molecule has 1 rings (SSSR count). The minimum atomic E-state index is -3.07. The number of halogens is 2. The normalized spacial score (nSPS) is 22.6. The van der Waals surface area contributed by atoms with Gasteiger partial charge in [-0.15, -0.1) is 0 Å². The highest BCUT2D eigenvalue weighted by Gasteiger charge is 2.41. The average molecular weight is 178 g/mol. The smallest absolute Gasteiger partial charge is 0.426 e. The van der Waals surface area contributed by atoms with Crippen molar-refractivity contribution in [1.82, 2.24) is 10.4 Å². The summed E-state index contributed by atoms with van der Waals surface area (Å²) >= 11 is 0. The summed E-state index contributed by atoms with van der Waals surface area (Å²) < 4.78 is 25.3. The van der Waals surface area contributed by atoms with Crippen LogP contribution in [0.1, 0.15) is 6.92 Å². The van der Waals surface area contributed by atoms with Crippen LogP contribution in [-0.2, 0) is 0 Å². The van der Waals surface area contributed by atoms with Gasteiger partial charge in [0.05, 0.1) is 0 Å². The Morgan fingerprint density at radius 2 is 2.33 bits per heavy atom. The van der Waals surface area contributed by atoms with Gasteiger partial charge in [-0.3, -0.25) is 0 Å². The molecule has 0 radical (unpaired) electrons. The van der Waals surface area contributed by atoms with Gasteiger partial charge >= 0.3 is 6.09 Å². The third-order valence-electron chi connectivity index (χ3n) is 1.50. The molecule has 0 aromatic carbocycles. The summed E-state index contributed by atoms with van der Waals surface area (Å²) in [6, 6.07) is -1.42. The molecule has 1 aliphatic rings. The first-order valence-corrected chi connectivity index (χ1v) is 3.26. The topological polar surface area (TPSA) is 52.6 Å². The van der Waals surface area contributed by atoms with Crippen molar-refractivity contribution >= 4 is 6.09 Å². The highest BCUT2D eigenvalue weighted by Crippen LogP contribution is 2.24. The number of hydrogen-bond acceptors (Lipinski definition) is 2. The summed E-state index contributed by atoms with van der Waals surface area (Å²) in [7, 11) is 0. The molecule has 1 amide bonds. The summed E-state index contributed by atoms with van der Waals surface area (Å²) in [5.41, 5.74) is 2.19. The van der Waals surface area contributed by atoms with Crippen molar-refractivity contribution in [3.63, 3.8) is 0 Å². The van der Waals surface area contributed by atoms with E-state index < -0.39 is 18.1 Å². The first-order valence-electron chi connectivity index (χ1n) is 3.26. The monoisotopic (exact) mass is 178 g/mol. The molecule has 1 heterocycles. The van der Waals surface area contributed by atoms with Gasteiger partial charge in [0.1, 0.15) is 6.04 Å². The zero-order valence-corrected chi connectivity index (χ0v) is 6.29. The van der Waals surface area contributed by atoms with Crippen molar-refractivity contribution in [1.29, 1.82) is 0 Å². The van der Waals surface area contributed by atoms with Gasteiger partial charge in [0.25, 0.3) is 5.92 Å². The molecule has 0 aliphatic carbocycles. The maximum atomic E-state index is 12.6. The van der Waals surface area contributed by atoms with Crippen LogP contribution in [0.5, 0.6) is 0 Å². The molecule has 6 heteroatoms. The van der Waals surface area contributed by atoms with Crippen molar-refractivity contribution < 1.29 is 18.7 Å². The van der Waals surface area contributed by atoms with Crippen molar-refractivity contribution in [3.05, 3.63) is 12.3 Å². The van der Waals surface area contributed by atoms with E-state index in [0.717, 1.165) is 6.08 Å². The lowest BCUT2D eigenvalue weighted by Gasteiger charge is -2.25. The number of hydrogen-bond donors (Lipinski definition) is 2. The fourth-order valence-corrected chi connectivity index (χ4v) is 0.951. The quantitative estimate of drug-likeness (QED) is 0.630. The van der Waals surface area contributed by atoms with E-state index in [4.69, 9.17) is 5.11 Å². The molecule has 0 fully saturated rings. The predicted molar refractivity (Wildman–Crippen MR) is 36.5 cm³/mol. The van der Waals surface area contributed by atoms with E-state index in [-0.39, 0.29) is 0 Å². The Hall–Kier alpha value is -1.33. The minimum Gasteiger partial charge on any atom is -0.464 e. The van der Waals surface area contributed by atoms with Crippen LogP contribution in [0.25, 0.3) is 0 Å². The predicted octanol–water partition coefficient (Wildman–Crippen LogP) is 1.02. The maximum absolute atomic E-state index is 12.6. The zero-order valence-electron chi connectivity index (χ0n) is 6.29. The fourth-order valence-electron chi connectivity index (χ4n) is 0.951. The second kappa shape index (κ2) is 2.62.